The van der Waals surface area contributed by atoms with Crippen LogP contribution in [0.1, 0.15) is 58.4 Å². The molecular formula is C18H31N3. The fourth-order valence-electron chi connectivity index (χ4n) is 3.12. The van der Waals surface area contributed by atoms with Gasteiger partial charge < -0.3 is 10.2 Å². The van der Waals surface area contributed by atoms with E-state index in [1.165, 1.54) is 44.2 Å². The molecule has 2 heterocycles. The molecule has 1 atom stereocenters. The molecule has 21 heavy (non-hydrogen) atoms. The molecule has 1 aromatic heterocycles. The van der Waals surface area contributed by atoms with E-state index in [2.05, 4.69) is 48.1 Å². The van der Waals surface area contributed by atoms with E-state index < -0.39 is 0 Å². The average Bonchev–Trinajstić information content (AvgIpc) is 2.72. The van der Waals surface area contributed by atoms with E-state index in [4.69, 9.17) is 0 Å². The van der Waals surface area contributed by atoms with Crippen LogP contribution in [-0.2, 0) is 6.54 Å². The number of aromatic nitrogens is 1. The van der Waals surface area contributed by atoms with Gasteiger partial charge in [0.15, 0.2) is 0 Å². The van der Waals surface area contributed by atoms with Crippen molar-refractivity contribution >= 4 is 5.82 Å². The van der Waals surface area contributed by atoms with Crippen molar-refractivity contribution < 1.29 is 0 Å². The van der Waals surface area contributed by atoms with Gasteiger partial charge in [-0.3, -0.25) is 0 Å². The Balaban J connectivity index is 1.89. The van der Waals surface area contributed by atoms with Crippen LogP contribution >= 0.6 is 0 Å². The van der Waals surface area contributed by atoms with Crippen LogP contribution in [0.3, 0.4) is 0 Å². The second-order valence-electron chi connectivity index (χ2n) is 6.63. The number of hydrogen-bond acceptors (Lipinski definition) is 3. The van der Waals surface area contributed by atoms with Gasteiger partial charge in [0.2, 0.25) is 0 Å². The highest BCUT2D eigenvalue weighted by molar-refractivity contribution is 5.39. The van der Waals surface area contributed by atoms with Gasteiger partial charge in [0.25, 0.3) is 0 Å². The smallest absolute Gasteiger partial charge is 0.128 e. The lowest BCUT2D eigenvalue weighted by atomic mass is 9.96. The zero-order valence-electron chi connectivity index (χ0n) is 13.9. The third-order valence-electron chi connectivity index (χ3n) is 4.39. The summed E-state index contributed by atoms with van der Waals surface area (Å²) < 4.78 is 0. The number of hydrogen-bond donors (Lipinski definition) is 1. The highest BCUT2D eigenvalue weighted by Gasteiger charge is 2.17. The molecule has 1 aliphatic heterocycles. The molecule has 0 bridgehead atoms. The summed E-state index contributed by atoms with van der Waals surface area (Å²) in [7, 11) is 0. The number of nitrogens with zero attached hydrogens (tertiary/aromatic N) is 2. The summed E-state index contributed by atoms with van der Waals surface area (Å²) in [5, 5.41) is 3.44. The van der Waals surface area contributed by atoms with Gasteiger partial charge in [-0.1, -0.05) is 39.7 Å². The number of nitrogens with one attached hydrogen (secondary N) is 1. The van der Waals surface area contributed by atoms with E-state index in [1.54, 1.807) is 0 Å². The predicted octanol–water partition coefficient (Wildman–Crippen LogP) is 3.99. The molecule has 118 valence electrons. The van der Waals surface area contributed by atoms with E-state index in [9.17, 15) is 0 Å². The first-order valence-electron chi connectivity index (χ1n) is 8.62. The fourth-order valence-corrected chi connectivity index (χ4v) is 3.12. The highest BCUT2D eigenvalue weighted by atomic mass is 15.2. The maximum atomic E-state index is 4.68. The van der Waals surface area contributed by atoms with Crippen LogP contribution < -0.4 is 10.2 Å². The Morgan fingerprint density at radius 1 is 1.29 bits per heavy atom. The van der Waals surface area contributed by atoms with E-state index >= 15 is 0 Å². The summed E-state index contributed by atoms with van der Waals surface area (Å²) in [6, 6.07) is 4.93. The molecule has 1 fully saturated rings. The van der Waals surface area contributed by atoms with Crippen molar-refractivity contribution in [2.24, 2.45) is 5.92 Å². The maximum Gasteiger partial charge on any atom is 0.128 e. The van der Waals surface area contributed by atoms with Gasteiger partial charge in [0, 0.05) is 31.9 Å². The van der Waals surface area contributed by atoms with Gasteiger partial charge in [-0.25, -0.2) is 4.98 Å². The molecule has 0 amide bonds. The molecule has 0 aliphatic carbocycles. The largest absolute Gasteiger partial charge is 0.357 e. The van der Waals surface area contributed by atoms with Crippen LogP contribution in [0.15, 0.2) is 18.3 Å². The van der Waals surface area contributed by atoms with Crippen molar-refractivity contribution in [3.63, 3.8) is 0 Å². The van der Waals surface area contributed by atoms with E-state index in [0.29, 0.717) is 6.04 Å². The standard InChI is InChI=1S/C18H31N3/c1-4-6-16-7-5-11-21(12-10-16)18-9-8-17(14-20-18)13-19-15(2)3/h8-9,14-16,19H,4-7,10-13H2,1-3H3. The Hall–Kier alpha value is -1.09. The molecule has 0 saturated carbocycles. The first-order chi connectivity index (χ1) is 10.2. The molecule has 0 radical (unpaired) electrons. The normalized spacial score (nSPS) is 19.8. The summed E-state index contributed by atoms with van der Waals surface area (Å²) >= 11 is 0. The van der Waals surface area contributed by atoms with Crippen molar-refractivity contribution in [3.05, 3.63) is 23.9 Å². The first kappa shape index (κ1) is 16.3. The van der Waals surface area contributed by atoms with Crippen molar-refractivity contribution in [2.75, 3.05) is 18.0 Å². The zero-order valence-corrected chi connectivity index (χ0v) is 13.9. The van der Waals surface area contributed by atoms with Crippen molar-refractivity contribution in [3.8, 4) is 0 Å². The third kappa shape index (κ3) is 5.31. The maximum absolute atomic E-state index is 4.68. The molecule has 1 aliphatic rings. The first-order valence-corrected chi connectivity index (χ1v) is 8.62. The SMILES string of the molecule is CCCC1CCCN(c2ccc(CNC(C)C)cn2)CC1. The van der Waals surface area contributed by atoms with Gasteiger partial charge in [-0.15, -0.1) is 0 Å². The second kappa shape index (κ2) is 8.38. The van der Waals surface area contributed by atoms with Crippen LogP contribution in [0.4, 0.5) is 5.82 Å². The topological polar surface area (TPSA) is 28.2 Å². The minimum atomic E-state index is 0.519. The quantitative estimate of drug-likeness (QED) is 0.858. The Labute approximate surface area is 130 Å². The van der Waals surface area contributed by atoms with Gasteiger partial charge in [-0.05, 0) is 36.8 Å². The molecule has 2 rings (SSSR count). The molecule has 1 saturated heterocycles. The zero-order chi connectivity index (χ0) is 15.1. The van der Waals surface area contributed by atoms with Crippen LogP contribution in [0.25, 0.3) is 0 Å². The second-order valence-corrected chi connectivity index (χ2v) is 6.63. The van der Waals surface area contributed by atoms with Crippen LogP contribution in [-0.4, -0.2) is 24.1 Å². The molecule has 1 N–H and O–H groups in total. The molecular weight excluding hydrogens is 258 g/mol. The number of pyridine rings is 1. The lowest BCUT2D eigenvalue weighted by molar-refractivity contribution is 0.435. The Kier molecular flexibility index (Phi) is 6.50. The predicted molar refractivity (Wildman–Crippen MR) is 90.7 cm³/mol. The van der Waals surface area contributed by atoms with Gasteiger partial charge >= 0.3 is 0 Å². The highest BCUT2D eigenvalue weighted by Crippen LogP contribution is 2.24. The molecule has 1 unspecified atom stereocenters. The number of anilines is 1. The van der Waals surface area contributed by atoms with Crippen LogP contribution in [0.2, 0.25) is 0 Å². The van der Waals surface area contributed by atoms with E-state index in [0.717, 1.165) is 24.8 Å². The van der Waals surface area contributed by atoms with Crippen molar-refractivity contribution in [1.29, 1.82) is 0 Å². The molecule has 3 heteroatoms. The van der Waals surface area contributed by atoms with Crippen molar-refractivity contribution in [1.82, 2.24) is 10.3 Å². The lowest BCUT2D eigenvalue weighted by Gasteiger charge is -2.22. The summed E-state index contributed by atoms with van der Waals surface area (Å²) in [4.78, 5) is 7.15. The summed E-state index contributed by atoms with van der Waals surface area (Å²) in [5.74, 6) is 2.08. The number of rotatable bonds is 6. The summed E-state index contributed by atoms with van der Waals surface area (Å²) in [6.07, 6.45) is 8.76. The van der Waals surface area contributed by atoms with E-state index in [1.807, 2.05) is 6.20 Å². The molecule has 3 nitrogen and oxygen atoms in total. The molecule has 1 aromatic rings. The van der Waals surface area contributed by atoms with Gasteiger partial charge in [0.1, 0.15) is 5.82 Å². The lowest BCUT2D eigenvalue weighted by Crippen LogP contribution is -2.25. The third-order valence-corrected chi connectivity index (χ3v) is 4.39. The van der Waals surface area contributed by atoms with Gasteiger partial charge in [-0.2, -0.15) is 0 Å². The monoisotopic (exact) mass is 289 g/mol. The average molecular weight is 289 g/mol. The van der Waals surface area contributed by atoms with Crippen molar-refractivity contribution in [2.45, 2.75) is 65.5 Å². The van der Waals surface area contributed by atoms with Crippen LogP contribution in [0.5, 0.6) is 0 Å². The van der Waals surface area contributed by atoms with Gasteiger partial charge in [0.05, 0.1) is 0 Å². The Morgan fingerprint density at radius 3 is 2.81 bits per heavy atom. The van der Waals surface area contributed by atoms with Crippen LogP contribution in [0, 0.1) is 5.92 Å². The Bertz CT molecular complexity index is 399. The van der Waals surface area contributed by atoms with E-state index in [-0.39, 0.29) is 0 Å². The minimum absolute atomic E-state index is 0.519. The summed E-state index contributed by atoms with van der Waals surface area (Å²) in [6.45, 7) is 9.88. The minimum Gasteiger partial charge on any atom is -0.357 e. The molecule has 0 aromatic carbocycles. The molecule has 0 spiro atoms. The fraction of sp³-hybridized carbons (Fsp3) is 0.722. The summed E-state index contributed by atoms with van der Waals surface area (Å²) in [5.41, 5.74) is 1.27. The Morgan fingerprint density at radius 2 is 2.14 bits per heavy atom.